The number of nitrogens with zero attached hydrogens (tertiary/aromatic N) is 4. The summed E-state index contributed by atoms with van der Waals surface area (Å²) in [6.07, 6.45) is 1.75. The zero-order chi connectivity index (χ0) is 21.3. The number of rotatable bonds is 4. The Hall–Kier alpha value is -3.15. The third-order valence-corrected chi connectivity index (χ3v) is 6.24. The zero-order valence-corrected chi connectivity index (χ0v) is 17.4. The van der Waals surface area contributed by atoms with E-state index in [9.17, 15) is 14.3 Å². The molecule has 4 rings (SSSR count). The molecular weight excluding hydrogens is 400 g/mol. The molecule has 1 aliphatic heterocycles. The third-order valence-electron chi connectivity index (χ3n) is 5.57. The lowest BCUT2D eigenvalue weighted by Gasteiger charge is -2.41. The molecule has 1 aliphatic rings. The second-order valence-corrected chi connectivity index (χ2v) is 8.39. The molecule has 1 amide bonds. The van der Waals surface area contributed by atoms with Gasteiger partial charge in [-0.1, -0.05) is 18.2 Å². The van der Waals surface area contributed by atoms with Gasteiger partial charge in [-0.15, -0.1) is 0 Å². The number of carbonyl (C=O) groups is 1. The van der Waals surface area contributed by atoms with Gasteiger partial charge in [0.2, 0.25) is 5.91 Å². The van der Waals surface area contributed by atoms with Crippen LogP contribution in [0.15, 0.2) is 59.6 Å². The van der Waals surface area contributed by atoms with Crippen molar-refractivity contribution < 1.29 is 13.6 Å². The van der Waals surface area contributed by atoms with Crippen molar-refractivity contribution in [2.45, 2.75) is 24.4 Å². The number of hydrogen-bond donors (Lipinski definition) is 1. The van der Waals surface area contributed by atoms with Crippen LogP contribution in [0.1, 0.15) is 12.5 Å². The molecule has 1 aromatic heterocycles. The van der Waals surface area contributed by atoms with Gasteiger partial charge in [0.25, 0.3) is 0 Å². The Kier molecular flexibility index (Phi) is 5.57. The highest BCUT2D eigenvalue weighted by Gasteiger charge is 2.28. The predicted octanol–water partition coefficient (Wildman–Crippen LogP) is 2.83. The van der Waals surface area contributed by atoms with Gasteiger partial charge in [0.1, 0.15) is 12.6 Å². The Morgan fingerprint density at radius 2 is 1.93 bits per heavy atom. The first kappa shape index (κ1) is 20.1. The average molecular weight is 423 g/mol. The van der Waals surface area contributed by atoms with Gasteiger partial charge in [-0.3, -0.25) is 4.79 Å². The fraction of sp³-hybridized carbons (Fsp3) is 0.273. The number of aromatic nitrogens is 1. The summed E-state index contributed by atoms with van der Waals surface area (Å²) in [5, 5.41) is 10.2. The molecule has 2 aromatic carbocycles. The summed E-state index contributed by atoms with van der Waals surface area (Å²) < 4.78 is 22.2. The number of hydrogen-bond acceptors (Lipinski definition) is 4. The molecule has 0 spiro atoms. The van der Waals surface area contributed by atoms with Gasteiger partial charge in [-0.2, -0.15) is 5.26 Å². The molecule has 0 radical (unpaired) electrons. The number of amides is 1. The van der Waals surface area contributed by atoms with Gasteiger partial charge < -0.3 is 18.9 Å². The molecule has 0 aliphatic carbocycles. The second-order valence-electron chi connectivity index (χ2n) is 7.42. The van der Waals surface area contributed by atoms with E-state index in [-0.39, 0.29) is 18.5 Å². The van der Waals surface area contributed by atoms with E-state index in [2.05, 4.69) is 11.0 Å². The minimum Gasteiger partial charge on any atom is -0.368 e. The normalized spacial score (nSPS) is 17.7. The summed E-state index contributed by atoms with van der Waals surface area (Å²) in [5.41, 5.74) is 2.43. The molecule has 154 valence electrons. The molecular formula is C22H22N4O3S. The van der Waals surface area contributed by atoms with Crippen LogP contribution >= 0.6 is 0 Å². The van der Waals surface area contributed by atoms with Crippen LogP contribution in [0, 0.1) is 11.3 Å². The lowest BCUT2D eigenvalue weighted by atomic mass is 10.1. The summed E-state index contributed by atoms with van der Waals surface area (Å²) in [4.78, 5) is 17.5. The van der Waals surface area contributed by atoms with Crippen LogP contribution in [0.2, 0.25) is 0 Å². The molecule has 2 unspecified atom stereocenters. The van der Waals surface area contributed by atoms with Gasteiger partial charge in [0.05, 0.1) is 10.5 Å². The number of fused-ring (bicyclic) bond motifs is 1. The summed E-state index contributed by atoms with van der Waals surface area (Å²) >= 11 is -1.98. The van der Waals surface area contributed by atoms with Crippen molar-refractivity contribution in [2.75, 3.05) is 24.5 Å². The molecule has 8 heteroatoms. The molecule has 2 atom stereocenters. The van der Waals surface area contributed by atoms with Crippen LogP contribution in [0.3, 0.4) is 0 Å². The Morgan fingerprint density at radius 3 is 2.60 bits per heavy atom. The molecule has 1 saturated heterocycles. The molecule has 0 saturated carbocycles. The summed E-state index contributed by atoms with van der Waals surface area (Å²) in [5.74, 6) is 0.0263. The zero-order valence-electron chi connectivity index (χ0n) is 16.6. The number of piperazine rings is 1. The monoisotopic (exact) mass is 422 g/mol. The fourth-order valence-electron chi connectivity index (χ4n) is 4.04. The van der Waals surface area contributed by atoms with Crippen LogP contribution < -0.4 is 4.90 Å². The molecule has 1 N–H and O–H groups in total. The van der Waals surface area contributed by atoms with Crippen LogP contribution in [0.4, 0.5) is 5.69 Å². The van der Waals surface area contributed by atoms with E-state index in [0.29, 0.717) is 30.1 Å². The van der Waals surface area contributed by atoms with E-state index in [1.165, 1.54) is 0 Å². The maximum absolute atomic E-state index is 13.0. The Balaban J connectivity index is 1.46. The first-order chi connectivity index (χ1) is 14.5. The molecule has 0 bridgehead atoms. The van der Waals surface area contributed by atoms with Gasteiger partial charge in [0.15, 0.2) is 11.1 Å². The summed E-state index contributed by atoms with van der Waals surface area (Å²) in [6, 6.07) is 16.8. The van der Waals surface area contributed by atoms with Gasteiger partial charge in [-0.05, 0) is 37.3 Å². The van der Waals surface area contributed by atoms with Crippen LogP contribution in [-0.4, -0.2) is 49.8 Å². The average Bonchev–Trinajstić information content (AvgIpc) is 3.11. The van der Waals surface area contributed by atoms with Crippen molar-refractivity contribution in [3.8, 4) is 6.07 Å². The van der Waals surface area contributed by atoms with Gasteiger partial charge >= 0.3 is 0 Å². The maximum Gasteiger partial charge on any atom is 0.242 e. The number of anilines is 1. The van der Waals surface area contributed by atoms with E-state index in [1.54, 1.807) is 18.3 Å². The molecule has 2 heterocycles. The van der Waals surface area contributed by atoms with E-state index in [0.717, 1.165) is 16.6 Å². The maximum atomic E-state index is 13.0. The summed E-state index contributed by atoms with van der Waals surface area (Å²) in [7, 11) is 0. The van der Waals surface area contributed by atoms with Crippen molar-refractivity contribution in [3.05, 3.63) is 60.3 Å². The molecule has 3 aromatic rings. The van der Waals surface area contributed by atoms with Crippen LogP contribution in [0.5, 0.6) is 0 Å². The van der Waals surface area contributed by atoms with Crippen molar-refractivity contribution in [1.82, 2.24) is 9.47 Å². The van der Waals surface area contributed by atoms with Gasteiger partial charge in [0, 0.05) is 48.5 Å². The topological polar surface area (TPSA) is 89.6 Å². The number of carbonyl (C=O) groups excluding carboxylic acids is 1. The molecule has 1 fully saturated rings. The lowest BCUT2D eigenvalue weighted by molar-refractivity contribution is -0.134. The number of nitriles is 1. The predicted molar refractivity (Wildman–Crippen MR) is 116 cm³/mol. The van der Waals surface area contributed by atoms with E-state index >= 15 is 0 Å². The first-order valence-electron chi connectivity index (χ1n) is 9.71. The Morgan fingerprint density at radius 1 is 1.20 bits per heavy atom. The SMILES string of the molecule is CC1CN(c2ccc(S(=O)O)cc2)CCN1C(=O)Cn1cc(C#N)c2ccccc21. The third kappa shape index (κ3) is 3.82. The van der Waals surface area contributed by atoms with Crippen molar-refractivity contribution in [2.24, 2.45) is 0 Å². The smallest absolute Gasteiger partial charge is 0.242 e. The lowest BCUT2D eigenvalue weighted by Crippen LogP contribution is -2.54. The quantitative estimate of drug-likeness (QED) is 0.653. The van der Waals surface area contributed by atoms with E-state index in [1.807, 2.05) is 52.8 Å². The van der Waals surface area contributed by atoms with Crippen LogP contribution in [0.25, 0.3) is 10.9 Å². The second kappa shape index (κ2) is 8.30. The highest BCUT2D eigenvalue weighted by molar-refractivity contribution is 7.79. The van der Waals surface area contributed by atoms with E-state index in [4.69, 9.17) is 4.55 Å². The van der Waals surface area contributed by atoms with Crippen molar-refractivity contribution in [3.63, 3.8) is 0 Å². The fourth-order valence-corrected chi connectivity index (χ4v) is 4.41. The standard InChI is InChI=1S/C22H22N4O3S/c1-16-13-24(18-6-8-19(9-7-18)30(28)29)10-11-26(16)22(27)15-25-14-17(12-23)20-4-2-3-5-21(20)25/h2-9,14,16H,10-11,13,15H2,1H3,(H,28,29). The molecule has 7 nitrogen and oxygen atoms in total. The minimum atomic E-state index is -1.98. The van der Waals surface area contributed by atoms with Crippen LogP contribution in [-0.2, 0) is 22.4 Å². The van der Waals surface area contributed by atoms with Crippen molar-refractivity contribution in [1.29, 1.82) is 5.26 Å². The first-order valence-corrected chi connectivity index (χ1v) is 10.8. The van der Waals surface area contributed by atoms with Crippen molar-refractivity contribution >= 4 is 33.6 Å². The highest BCUT2D eigenvalue weighted by Crippen LogP contribution is 2.23. The highest BCUT2D eigenvalue weighted by atomic mass is 32.2. The van der Waals surface area contributed by atoms with E-state index < -0.39 is 11.1 Å². The minimum absolute atomic E-state index is 0.0233. The van der Waals surface area contributed by atoms with Gasteiger partial charge in [-0.25, -0.2) is 4.21 Å². The molecule has 30 heavy (non-hydrogen) atoms. The Bertz CT molecular complexity index is 1150. The largest absolute Gasteiger partial charge is 0.368 e. The summed E-state index contributed by atoms with van der Waals surface area (Å²) in [6.45, 7) is 4.19. The number of benzene rings is 2. The number of para-hydroxylation sites is 1. The Labute approximate surface area is 177 Å².